The average Bonchev–Trinajstić information content (AvgIpc) is 2.56. The zero-order chi connectivity index (χ0) is 10.3. The van der Waals surface area contributed by atoms with E-state index in [9.17, 15) is 4.39 Å². The van der Waals surface area contributed by atoms with Gasteiger partial charge >= 0.3 is 0 Å². The van der Waals surface area contributed by atoms with Gasteiger partial charge in [-0.2, -0.15) is 5.10 Å². The molecule has 0 fully saturated rings. The van der Waals surface area contributed by atoms with Crippen LogP contribution in [0.4, 0.5) is 4.39 Å². The summed E-state index contributed by atoms with van der Waals surface area (Å²) >= 11 is 5.82. The van der Waals surface area contributed by atoms with Crippen LogP contribution in [0.1, 0.15) is 19.9 Å². The lowest BCUT2D eigenvalue weighted by atomic mass is 10.3. The van der Waals surface area contributed by atoms with Crippen molar-refractivity contribution >= 4 is 22.5 Å². The summed E-state index contributed by atoms with van der Waals surface area (Å²) in [5.41, 5.74) is 0.417. The van der Waals surface area contributed by atoms with Gasteiger partial charge in [0.2, 0.25) is 0 Å². The van der Waals surface area contributed by atoms with E-state index in [-0.39, 0.29) is 11.2 Å². The standard InChI is InChI=1S/C9H9ClFN3/c1-5(2)14-8-6(3-13-14)9(10)12-4-7(8)11/h3-5H,1-2H3. The summed E-state index contributed by atoms with van der Waals surface area (Å²) in [7, 11) is 0. The van der Waals surface area contributed by atoms with Crippen molar-refractivity contribution in [1.82, 2.24) is 14.8 Å². The first kappa shape index (κ1) is 9.40. The van der Waals surface area contributed by atoms with Gasteiger partial charge in [-0.3, -0.25) is 4.68 Å². The molecule has 0 radical (unpaired) electrons. The first-order chi connectivity index (χ1) is 6.61. The van der Waals surface area contributed by atoms with Gasteiger partial charge in [-0.15, -0.1) is 0 Å². The van der Waals surface area contributed by atoms with Gasteiger partial charge in [0.05, 0.1) is 17.8 Å². The zero-order valence-electron chi connectivity index (χ0n) is 7.83. The van der Waals surface area contributed by atoms with Gasteiger partial charge in [0.1, 0.15) is 10.7 Å². The molecule has 0 aromatic carbocycles. The summed E-state index contributed by atoms with van der Waals surface area (Å²) in [4.78, 5) is 3.72. The van der Waals surface area contributed by atoms with Crippen LogP contribution < -0.4 is 0 Å². The van der Waals surface area contributed by atoms with Crippen molar-refractivity contribution in [2.75, 3.05) is 0 Å². The second-order valence-electron chi connectivity index (χ2n) is 3.34. The van der Waals surface area contributed by atoms with Gasteiger partial charge in [0, 0.05) is 6.04 Å². The molecule has 0 spiro atoms. The minimum absolute atomic E-state index is 0.0977. The van der Waals surface area contributed by atoms with Gasteiger partial charge in [0.15, 0.2) is 5.82 Å². The topological polar surface area (TPSA) is 30.7 Å². The highest BCUT2D eigenvalue weighted by Gasteiger charge is 2.13. The van der Waals surface area contributed by atoms with Crippen LogP contribution in [0.15, 0.2) is 12.4 Å². The minimum Gasteiger partial charge on any atom is -0.259 e. The summed E-state index contributed by atoms with van der Waals surface area (Å²) in [6, 6.07) is 0.0977. The van der Waals surface area contributed by atoms with Gasteiger partial charge in [0.25, 0.3) is 0 Å². The van der Waals surface area contributed by atoms with E-state index in [0.717, 1.165) is 6.20 Å². The lowest BCUT2D eigenvalue weighted by molar-refractivity contribution is 0.534. The maximum Gasteiger partial charge on any atom is 0.167 e. The Hall–Kier alpha value is -1.16. The van der Waals surface area contributed by atoms with Crippen LogP contribution in [0.5, 0.6) is 0 Å². The molecule has 0 bridgehead atoms. The number of pyridine rings is 1. The Morgan fingerprint density at radius 3 is 2.79 bits per heavy atom. The predicted molar refractivity (Wildman–Crippen MR) is 52.9 cm³/mol. The molecule has 0 unspecified atom stereocenters. The molecule has 0 aliphatic heterocycles. The molecule has 74 valence electrons. The van der Waals surface area contributed by atoms with Crippen molar-refractivity contribution in [3.8, 4) is 0 Å². The fourth-order valence-corrected chi connectivity index (χ4v) is 1.57. The molecule has 5 heteroatoms. The Balaban J connectivity index is 2.84. The number of rotatable bonds is 1. The fourth-order valence-electron chi connectivity index (χ4n) is 1.39. The third kappa shape index (κ3) is 1.26. The smallest absolute Gasteiger partial charge is 0.167 e. The monoisotopic (exact) mass is 213 g/mol. The number of hydrogen-bond acceptors (Lipinski definition) is 2. The minimum atomic E-state index is -0.393. The van der Waals surface area contributed by atoms with E-state index in [1.54, 1.807) is 4.68 Å². The van der Waals surface area contributed by atoms with Crippen molar-refractivity contribution < 1.29 is 4.39 Å². The molecule has 2 aromatic heterocycles. The van der Waals surface area contributed by atoms with Crippen molar-refractivity contribution in [1.29, 1.82) is 0 Å². The molecular formula is C9H9ClFN3. The lowest BCUT2D eigenvalue weighted by Gasteiger charge is -2.07. The molecule has 0 amide bonds. The Bertz CT molecular complexity index is 478. The van der Waals surface area contributed by atoms with Crippen LogP contribution in [-0.4, -0.2) is 14.8 Å². The quantitative estimate of drug-likeness (QED) is 0.682. The average molecular weight is 214 g/mol. The molecule has 0 aliphatic rings. The maximum absolute atomic E-state index is 13.4. The summed E-state index contributed by atoms with van der Waals surface area (Å²) < 4.78 is 15.0. The molecule has 3 nitrogen and oxygen atoms in total. The molecule has 0 saturated heterocycles. The molecule has 2 aromatic rings. The highest BCUT2D eigenvalue weighted by atomic mass is 35.5. The van der Waals surface area contributed by atoms with Crippen molar-refractivity contribution in [3.63, 3.8) is 0 Å². The number of aromatic nitrogens is 3. The normalized spacial score (nSPS) is 11.5. The summed E-state index contributed by atoms with van der Waals surface area (Å²) in [6.07, 6.45) is 2.65. The SMILES string of the molecule is CC(C)n1ncc2c(Cl)ncc(F)c21. The van der Waals surface area contributed by atoms with Gasteiger partial charge in [-0.05, 0) is 13.8 Å². The van der Waals surface area contributed by atoms with Gasteiger partial charge in [-0.25, -0.2) is 9.37 Å². The van der Waals surface area contributed by atoms with Gasteiger partial charge in [-0.1, -0.05) is 11.6 Å². The van der Waals surface area contributed by atoms with E-state index in [1.807, 2.05) is 13.8 Å². The Labute approximate surface area is 85.5 Å². The van der Waals surface area contributed by atoms with Crippen LogP contribution in [-0.2, 0) is 0 Å². The number of hydrogen-bond donors (Lipinski definition) is 0. The van der Waals surface area contributed by atoms with Crippen LogP contribution in [0.3, 0.4) is 0 Å². The number of nitrogens with zero attached hydrogens (tertiary/aromatic N) is 3. The van der Waals surface area contributed by atoms with E-state index >= 15 is 0 Å². The van der Waals surface area contributed by atoms with Crippen LogP contribution in [0.2, 0.25) is 5.15 Å². The van der Waals surface area contributed by atoms with Crippen LogP contribution >= 0.6 is 11.6 Å². The molecule has 0 N–H and O–H groups in total. The highest BCUT2D eigenvalue weighted by Crippen LogP contribution is 2.25. The largest absolute Gasteiger partial charge is 0.259 e. The first-order valence-electron chi connectivity index (χ1n) is 4.28. The maximum atomic E-state index is 13.4. The molecule has 2 heterocycles. The molecule has 0 atom stereocenters. The first-order valence-corrected chi connectivity index (χ1v) is 4.66. The molecule has 0 aliphatic carbocycles. The molecule has 14 heavy (non-hydrogen) atoms. The van der Waals surface area contributed by atoms with E-state index in [0.29, 0.717) is 10.9 Å². The molecule has 2 rings (SSSR count). The van der Waals surface area contributed by atoms with Gasteiger partial charge < -0.3 is 0 Å². The van der Waals surface area contributed by atoms with E-state index in [2.05, 4.69) is 10.1 Å². The second-order valence-corrected chi connectivity index (χ2v) is 3.70. The second kappa shape index (κ2) is 3.20. The van der Waals surface area contributed by atoms with Crippen LogP contribution in [0, 0.1) is 5.82 Å². The third-order valence-electron chi connectivity index (χ3n) is 2.02. The zero-order valence-corrected chi connectivity index (χ0v) is 8.59. The van der Waals surface area contributed by atoms with Crippen molar-refractivity contribution in [2.45, 2.75) is 19.9 Å². The Morgan fingerprint density at radius 1 is 1.43 bits per heavy atom. The number of fused-ring (bicyclic) bond motifs is 1. The van der Waals surface area contributed by atoms with Crippen LogP contribution in [0.25, 0.3) is 10.9 Å². The van der Waals surface area contributed by atoms with E-state index in [1.165, 1.54) is 6.20 Å². The van der Waals surface area contributed by atoms with E-state index < -0.39 is 5.82 Å². The Morgan fingerprint density at radius 2 is 2.14 bits per heavy atom. The van der Waals surface area contributed by atoms with Crippen molar-refractivity contribution in [2.24, 2.45) is 0 Å². The van der Waals surface area contributed by atoms with Crippen molar-refractivity contribution in [3.05, 3.63) is 23.4 Å². The summed E-state index contributed by atoms with van der Waals surface area (Å²) in [6.45, 7) is 3.86. The fraction of sp³-hybridized carbons (Fsp3) is 0.333. The highest BCUT2D eigenvalue weighted by molar-refractivity contribution is 6.34. The molecular weight excluding hydrogens is 205 g/mol. The third-order valence-corrected chi connectivity index (χ3v) is 2.33. The summed E-state index contributed by atoms with van der Waals surface area (Å²) in [5, 5.41) is 4.91. The predicted octanol–water partition coefficient (Wildman–Crippen LogP) is 2.80. The molecule has 0 saturated carbocycles. The summed E-state index contributed by atoms with van der Waals surface area (Å²) in [5.74, 6) is -0.393. The van der Waals surface area contributed by atoms with E-state index in [4.69, 9.17) is 11.6 Å². The number of halogens is 2. The Kier molecular flexibility index (Phi) is 2.15. The lowest BCUT2D eigenvalue weighted by Crippen LogP contribution is -2.03.